The van der Waals surface area contributed by atoms with Crippen LogP contribution in [0.1, 0.15) is 24.8 Å². The number of hydrogen-bond acceptors (Lipinski definition) is 3. The molecule has 0 aliphatic heterocycles. The van der Waals surface area contributed by atoms with E-state index in [9.17, 15) is 9.59 Å². The van der Waals surface area contributed by atoms with Crippen molar-refractivity contribution in [2.45, 2.75) is 25.7 Å². The Kier molecular flexibility index (Phi) is 3.57. The summed E-state index contributed by atoms with van der Waals surface area (Å²) in [5.74, 6) is 0.0207. The van der Waals surface area contributed by atoms with E-state index >= 15 is 0 Å². The van der Waals surface area contributed by atoms with E-state index in [4.69, 9.17) is 9.84 Å². The number of rotatable bonds is 7. The second-order valence-corrected chi connectivity index (χ2v) is 5.99. The van der Waals surface area contributed by atoms with Gasteiger partial charge in [-0.3, -0.25) is 4.79 Å². The minimum Gasteiger partial charge on any atom is -0.482 e. The summed E-state index contributed by atoms with van der Waals surface area (Å²) in [5, 5.41) is 11.5. The molecule has 3 rings (SSSR count). The summed E-state index contributed by atoms with van der Waals surface area (Å²) in [6.07, 6.45) is 4.30. The number of benzene rings is 1. The Bertz CT molecular complexity index is 548. The topological polar surface area (TPSA) is 75.6 Å². The molecule has 0 saturated heterocycles. The summed E-state index contributed by atoms with van der Waals surface area (Å²) in [7, 11) is 0. The number of carboxylic acids is 1. The molecule has 21 heavy (non-hydrogen) atoms. The van der Waals surface area contributed by atoms with Crippen LogP contribution in [0.5, 0.6) is 5.75 Å². The smallest absolute Gasteiger partial charge is 0.341 e. The van der Waals surface area contributed by atoms with Crippen LogP contribution in [0.4, 0.5) is 0 Å². The number of hydrogen-bond donors (Lipinski definition) is 2. The number of carboxylic acid groups (broad SMARTS) is 1. The molecule has 112 valence electrons. The monoisotopic (exact) mass is 289 g/mol. The number of nitrogens with one attached hydrogen (secondary N) is 1. The highest BCUT2D eigenvalue weighted by Gasteiger charge is 2.65. The van der Waals surface area contributed by atoms with Crippen molar-refractivity contribution in [1.82, 2.24) is 5.32 Å². The van der Waals surface area contributed by atoms with E-state index in [-0.39, 0.29) is 18.4 Å². The van der Waals surface area contributed by atoms with E-state index in [1.807, 2.05) is 12.1 Å². The van der Waals surface area contributed by atoms with Gasteiger partial charge in [-0.25, -0.2) is 4.79 Å². The van der Waals surface area contributed by atoms with Gasteiger partial charge in [0.1, 0.15) is 5.75 Å². The first-order chi connectivity index (χ1) is 10.1. The predicted molar refractivity (Wildman–Crippen MR) is 76.1 cm³/mol. The molecule has 0 radical (unpaired) electrons. The molecule has 0 bridgehead atoms. The standard InChI is InChI=1S/C16H19NO4/c18-14(19)10-21-12-3-1-11(2-4-12)5-8-17-15(20)13-9-16(13)6-7-16/h1-4,13H,5-10H2,(H,17,20)(H,18,19). The maximum Gasteiger partial charge on any atom is 0.341 e. The fraction of sp³-hybridized carbons (Fsp3) is 0.500. The fourth-order valence-corrected chi connectivity index (χ4v) is 2.78. The molecule has 1 amide bonds. The van der Waals surface area contributed by atoms with Crippen LogP contribution in [0.15, 0.2) is 24.3 Å². The molecule has 1 aromatic carbocycles. The third-order valence-electron chi connectivity index (χ3n) is 4.40. The SMILES string of the molecule is O=C(O)COc1ccc(CCNC(=O)C2CC23CC3)cc1. The molecule has 2 saturated carbocycles. The van der Waals surface area contributed by atoms with Gasteiger partial charge >= 0.3 is 5.97 Å². The van der Waals surface area contributed by atoms with Crippen LogP contribution < -0.4 is 10.1 Å². The highest BCUT2D eigenvalue weighted by Crippen LogP contribution is 2.70. The van der Waals surface area contributed by atoms with Gasteiger partial charge in [0.15, 0.2) is 6.61 Å². The Morgan fingerprint density at radius 1 is 1.29 bits per heavy atom. The fourth-order valence-electron chi connectivity index (χ4n) is 2.78. The number of aliphatic carboxylic acids is 1. The summed E-state index contributed by atoms with van der Waals surface area (Å²) in [6, 6.07) is 7.28. The number of carbonyl (C=O) groups excluding carboxylic acids is 1. The lowest BCUT2D eigenvalue weighted by Crippen LogP contribution is -2.27. The summed E-state index contributed by atoms with van der Waals surface area (Å²) < 4.78 is 5.07. The highest BCUT2D eigenvalue weighted by molar-refractivity contribution is 5.83. The van der Waals surface area contributed by atoms with Gasteiger partial charge in [-0.15, -0.1) is 0 Å². The van der Waals surface area contributed by atoms with Crippen LogP contribution in [-0.4, -0.2) is 30.1 Å². The maximum absolute atomic E-state index is 11.9. The van der Waals surface area contributed by atoms with Gasteiger partial charge in [0.25, 0.3) is 0 Å². The van der Waals surface area contributed by atoms with E-state index in [1.165, 1.54) is 12.8 Å². The first-order valence-electron chi connectivity index (χ1n) is 7.30. The molecule has 0 aromatic heterocycles. The second kappa shape index (κ2) is 5.39. The third-order valence-corrected chi connectivity index (χ3v) is 4.40. The lowest BCUT2D eigenvalue weighted by molar-refractivity contribution is -0.139. The zero-order valence-corrected chi connectivity index (χ0v) is 11.8. The Morgan fingerprint density at radius 2 is 2.00 bits per heavy atom. The van der Waals surface area contributed by atoms with Gasteiger partial charge in [0, 0.05) is 12.5 Å². The van der Waals surface area contributed by atoms with Gasteiger partial charge < -0.3 is 15.2 Å². The van der Waals surface area contributed by atoms with Gasteiger partial charge in [-0.1, -0.05) is 12.1 Å². The number of amides is 1. The first kappa shape index (κ1) is 13.9. The maximum atomic E-state index is 11.9. The quantitative estimate of drug-likeness (QED) is 0.799. The largest absolute Gasteiger partial charge is 0.482 e. The van der Waals surface area contributed by atoms with Crippen molar-refractivity contribution < 1.29 is 19.4 Å². The van der Waals surface area contributed by atoms with Crippen molar-refractivity contribution in [3.05, 3.63) is 29.8 Å². The Hall–Kier alpha value is -2.04. The number of ether oxygens (including phenoxy) is 1. The summed E-state index contributed by atoms with van der Waals surface area (Å²) in [4.78, 5) is 22.3. The summed E-state index contributed by atoms with van der Waals surface area (Å²) in [5.41, 5.74) is 1.50. The van der Waals surface area contributed by atoms with Crippen LogP contribution in [0.3, 0.4) is 0 Å². The minimum atomic E-state index is -0.990. The van der Waals surface area contributed by atoms with E-state index in [2.05, 4.69) is 5.32 Å². The van der Waals surface area contributed by atoms with Crippen molar-refractivity contribution in [3.8, 4) is 5.75 Å². The van der Waals surface area contributed by atoms with E-state index in [1.54, 1.807) is 12.1 Å². The molecular formula is C16H19NO4. The molecule has 1 aromatic rings. The second-order valence-electron chi connectivity index (χ2n) is 5.99. The van der Waals surface area contributed by atoms with Gasteiger partial charge in [-0.05, 0) is 48.8 Å². The van der Waals surface area contributed by atoms with E-state index in [0.717, 1.165) is 18.4 Å². The molecule has 0 heterocycles. The molecular weight excluding hydrogens is 270 g/mol. The molecule has 1 unspecified atom stereocenters. The lowest BCUT2D eigenvalue weighted by Gasteiger charge is -2.06. The van der Waals surface area contributed by atoms with Crippen LogP contribution >= 0.6 is 0 Å². The molecule has 2 N–H and O–H groups in total. The normalized spacial score (nSPS) is 20.9. The van der Waals surface area contributed by atoms with Crippen LogP contribution in [0.2, 0.25) is 0 Å². The van der Waals surface area contributed by atoms with Crippen molar-refractivity contribution in [2.24, 2.45) is 11.3 Å². The van der Waals surface area contributed by atoms with Crippen LogP contribution in [0, 0.1) is 11.3 Å². The average molecular weight is 289 g/mol. The molecule has 2 aliphatic rings. The Morgan fingerprint density at radius 3 is 2.57 bits per heavy atom. The molecule has 2 aliphatic carbocycles. The minimum absolute atomic E-state index is 0.203. The Balaban J connectivity index is 1.39. The molecule has 5 heteroatoms. The summed E-state index contributed by atoms with van der Waals surface area (Å²) >= 11 is 0. The van der Waals surface area contributed by atoms with Crippen molar-refractivity contribution in [2.75, 3.05) is 13.2 Å². The van der Waals surface area contributed by atoms with Crippen molar-refractivity contribution in [1.29, 1.82) is 0 Å². The van der Waals surface area contributed by atoms with Crippen LogP contribution in [-0.2, 0) is 16.0 Å². The molecule has 5 nitrogen and oxygen atoms in total. The zero-order chi connectivity index (χ0) is 14.9. The summed E-state index contributed by atoms with van der Waals surface area (Å²) in [6.45, 7) is 0.305. The highest BCUT2D eigenvalue weighted by atomic mass is 16.5. The average Bonchev–Trinajstić information content (AvgIpc) is 3.38. The lowest BCUT2D eigenvalue weighted by atomic mass is 10.1. The van der Waals surface area contributed by atoms with Gasteiger partial charge in [0.2, 0.25) is 5.91 Å². The predicted octanol–water partition coefficient (Wildman–Crippen LogP) is 1.61. The van der Waals surface area contributed by atoms with Gasteiger partial charge in [-0.2, -0.15) is 0 Å². The molecule has 2 fully saturated rings. The van der Waals surface area contributed by atoms with E-state index in [0.29, 0.717) is 17.7 Å². The Labute approximate surface area is 123 Å². The van der Waals surface area contributed by atoms with Crippen LogP contribution in [0.25, 0.3) is 0 Å². The zero-order valence-electron chi connectivity index (χ0n) is 11.8. The number of carbonyl (C=O) groups is 2. The van der Waals surface area contributed by atoms with E-state index < -0.39 is 5.97 Å². The van der Waals surface area contributed by atoms with Crippen molar-refractivity contribution in [3.63, 3.8) is 0 Å². The van der Waals surface area contributed by atoms with Crippen molar-refractivity contribution >= 4 is 11.9 Å². The van der Waals surface area contributed by atoms with Gasteiger partial charge in [0.05, 0.1) is 0 Å². The third kappa shape index (κ3) is 3.35. The molecule has 1 atom stereocenters. The molecule has 1 spiro atoms. The first-order valence-corrected chi connectivity index (χ1v) is 7.30.